The van der Waals surface area contributed by atoms with Crippen LogP contribution < -0.4 is 14.8 Å². The molecule has 5 aromatic rings. The van der Waals surface area contributed by atoms with Gasteiger partial charge >= 0.3 is 0 Å². The van der Waals surface area contributed by atoms with E-state index in [0.717, 1.165) is 45.4 Å². The molecule has 0 aliphatic rings. The number of hydrogen-bond acceptors (Lipinski definition) is 5. The average molecular weight is 422 g/mol. The van der Waals surface area contributed by atoms with Crippen molar-refractivity contribution in [3.05, 3.63) is 103 Å². The maximum atomic E-state index is 5.89. The molecule has 2 aromatic heterocycles. The first-order valence-electron chi connectivity index (χ1n) is 10.3. The Morgan fingerprint density at radius 3 is 2.28 bits per heavy atom. The minimum Gasteiger partial charge on any atom is -0.497 e. The van der Waals surface area contributed by atoms with E-state index in [1.54, 1.807) is 13.3 Å². The number of nitrogens with one attached hydrogen (secondary N) is 1. The number of fused-ring (bicyclic) bond motifs is 1. The molecule has 6 heteroatoms. The molecule has 5 rings (SSSR count). The fourth-order valence-corrected chi connectivity index (χ4v) is 3.49. The molecule has 0 atom stereocenters. The molecule has 0 radical (unpaired) electrons. The SMILES string of the molecule is COc1ccc(CNc2ccnc3c(-c4ccc(Oc5ccccc5)cc4)cnn23)cc1. The molecule has 0 spiro atoms. The molecule has 2 heterocycles. The van der Waals surface area contributed by atoms with Crippen molar-refractivity contribution in [2.24, 2.45) is 0 Å². The zero-order valence-corrected chi connectivity index (χ0v) is 17.6. The highest BCUT2D eigenvalue weighted by atomic mass is 16.5. The molecule has 0 bridgehead atoms. The van der Waals surface area contributed by atoms with Gasteiger partial charge in [0, 0.05) is 18.3 Å². The van der Waals surface area contributed by atoms with Gasteiger partial charge in [0.25, 0.3) is 0 Å². The maximum Gasteiger partial charge on any atom is 0.165 e. The zero-order valence-electron chi connectivity index (χ0n) is 17.6. The molecule has 0 unspecified atom stereocenters. The Morgan fingerprint density at radius 1 is 0.812 bits per heavy atom. The molecule has 158 valence electrons. The molecular weight excluding hydrogens is 400 g/mol. The number of ether oxygens (including phenoxy) is 2. The summed E-state index contributed by atoms with van der Waals surface area (Å²) in [4.78, 5) is 4.56. The average Bonchev–Trinajstić information content (AvgIpc) is 3.29. The van der Waals surface area contributed by atoms with Crippen molar-refractivity contribution in [1.82, 2.24) is 14.6 Å². The van der Waals surface area contributed by atoms with Gasteiger partial charge in [-0.05, 0) is 53.6 Å². The van der Waals surface area contributed by atoms with E-state index in [2.05, 4.69) is 15.4 Å². The second kappa shape index (κ2) is 8.81. The summed E-state index contributed by atoms with van der Waals surface area (Å²) < 4.78 is 12.9. The summed E-state index contributed by atoms with van der Waals surface area (Å²) in [5.41, 5.74) is 3.93. The number of methoxy groups -OCH3 is 1. The predicted octanol–water partition coefficient (Wildman–Crippen LogP) is 5.81. The van der Waals surface area contributed by atoms with Crippen molar-refractivity contribution >= 4 is 11.5 Å². The van der Waals surface area contributed by atoms with Gasteiger partial charge in [0.05, 0.1) is 13.3 Å². The van der Waals surface area contributed by atoms with Crippen LogP contribution in [0.5, 0.6) is 17.2 Å². The van der Waals surface area contributed by atoms with Gasteiger partial charge in [-0.3, -0.25) is 0 Å². The third-order valence-electron chi connectivity index (χ3n) is 5.18. The van der Waals surface area contributed by atoms with Crippen LogP contribution in [0, 0.1) is 0 Å². The number of para-hydroxylation sites is 1. The molecule has 1 N–H and O–H groups in total. The van der Waals surface area contributed by atoms with Gasteiger partial charge in [0.2, 0.25) is 0 Å². The Kier molecular flexibility index (Phi) is 5.41. The number of nitrogens with zero attached hydrogens (tertiary/aromatic N) is 3. The molecule has 0 amide bonds. The van der Waals surface area contributed by atoms with Crippen LogP contribution in [0.15, 0.2) is 97.3 Å². The van der Waals surface area contributed by atoms with E-state index in [4.69, 9.17) is 9.47 Å². The number of hydrogen-bond donors (Lipinski definition) is 1. The Labute approximate surface area is 186 Å². The lowest BCUT2D eigenvalue weighted by Gasteiger charge is -2.09. The maximum absolute atomic E-state index is 5.89. The van der Waals surface area contributed by atoms with Gasteiger partial charge in [0.1, 0.15) is 23.1 Å². The summed E-state index contributed by atoms with van der Waals surface area (Å²) >= 11 is 0. The molecular formula is C26H22N4O2. The summed E-state index contributed by atoms with van der Waals surface area (Å²) in [6.07, 6.45) is 3.64. The monoisotopic (exact) mass is 422 g/mol. The van der Waals surface area contributed by atoms with Crippen molar-refractivity contribution < 1.29 is 9.47 Å². The molecule has 0 aliphatic heterocycles. The van der Waals surface area contributed by atoms with Crippen LogP contribution in [0.3, 0.4) is 0 Å². The van der Waals surface area contributed by atoms with Gasteiger partial charge in [-0.1, -0.05) is 42.5 Å². The largest absolute Gasteiger partial charge is 0.497 e. The first-order valence-corrected chi connectivity index (χ1v) is 10.3. The zero-order chi connectivity index (χ0) is 21.8. The van der Waals surface area contributed by atoms with Gasteiger partial charge in [-0.15, -0.1) is 0 Å². The van der Waals surface area contributed by atoms with Gasteiger partial charge in [-0.2, -0.15) is 9.61 Å². The van der Waals surface area contributed by atoms with Gasteiger partial charge in [-0.25, -0.2) is 4.98 Å². The van der Waals surface area contributed by atoms with E-state index in [9.17, 15) is 0 Å². The molecule has 0 saturated heterocycles. The first-order chi connectivity index (χ1) is 15.8. The van der Waals surface area contributed by atoms with Crippen LogP contribution in [-0.4, -0.2) is 21.7 Å². The minimum absolute atomic E-state index is 0.670. The third-order valence-corrected chi connectivity index (χ3v) is 5.18. The van der Waals surface area contributed by atoms with E-state index in [1.165, 1.54) is 0 Å². The van der Waals surface area contributed by atoms with Crippen molar-refractivity contribution in [3.8, 4) is 28.4 Å². The summed E-state index contributed by atoms with van der Waals surface area (Å²) in [5.74, 6) is 3.31. The van der Waals surface area contributed by atoms with Crippen LogP contribution in [0.2, 0.25) is 0 Å². The Balaban J connectivity index is 1.35. The van der Waals surface area contributed by atoms with E-state index in [-0.39, 0.29) is 0 Å². The van der Waals surface area contributed by atoms with Crippen LogP contribution >= 0.6 is 0 Å². The highest BCUT2D eigenvalue weighted by Crippen LogP contribution is 2.28. The van der Waals surface area contributed by atoms with E-state index in [0.29, 0.717) is 6.54 Å². The normalized spacial score (nSPS) is 10.8. The van der Waals surface area contributed by atoms with Gasteiger partial charge < -0.3 is 14.8 Å². The highest BCUT2D eigenvalue weighted by molar-refractivity contribution is 5.78. The van der Waals surface area contributed by atoms with Gasteiger partial charge in [0.15, 0.2) is 5.65 Å². The summed E-state index contributed by atoms with van der Waals surface area (Å²) in [7, 11) is 1.67. The third kappa shape index (κ3) is 4.11. The molecule has 6 nitrogen and oxygen atoms in total. The number of anilines is 1. The topological polar surface area (TPSA) is 60.7 Å². The quantitative estimate of drug-likeness (QED) is 0.359. The van der Waals surface area contributed by atoms with Crippen LogP contribution in [0.1, 0.15) is 5.56 Å². The van der Waals surface area contributed by atoms with E-state index in [1.807, 2.05) is 95.6 Å². The van der Waals surface area contributed by atoms with E-state index < -0.39 is 0 Å². The smallest absolute Gasteiger partial charge is 0.165 e. The summed E-state index contributed by atoms with van der Waals surface area (Å²) in [5, 5.41) is 8.01. The van der Waals surface area contributed by atoms with Crippen LogP contribution in [0.4, 0.5) is 5.82 Å². The second-order valence-corrected chi connectivity index (χ2v) is 7.26. The summed E-state index contributed by atoms with van der Waals surface area (Å²) in [6, 6.07) is 27.6. The van der Waals surface area contributed by atoms with E-state index >= 15 is 0 Å². The molecule has 0 fully saturated rings. The van der Waals surface area contributed by atoms with Crippen molar-refractivity contribution in [2.45, 2.75) is 6.54 Å². The molecule has 0 aliphatic carbocycles. The number of rotatable bonds is 7. The molecule has 32 heavy (non-hydrogen) atoms. The van der Waals surface area contributed by atoms with Crippen molar-refractivity contribution in [3.63, 3.8) is 0 Å². The van der Waals surface area contributed by atoms with Crippen LogP contribution in [0.25, 0.3) is 16.8 Å². The predicted molar refractivity (Wildman–Crippen MR) is 125 cm³/mol. The molecule has 3 aromatic carbocycles. The minimum atomic E-state index is 0.670. The Morgan fingerprint density at radius 2 is 1.53 bits per heavy atom. The fourth-order valence-electron chi connectivity index (χ4n) is 3.49. The number of aromatic nitrogens is 3. The highest BCUT2D eigenvalue weighted by Gasteiger charge is 2.11. The fraction of sp³-hybridized carbons (Fsp3) is 0.0769. The lowest BCUT2D eigenvalue weighted by atomic mass is 10.1. The Hall–Kier alpha value is -4.32. The lowest BCUT2D eigenvalue weighted by Crippen LogP contribution is -2.05. The first kappa shape index (κ1) is 19.6. The van der Waals surface area contributed by atoms with Crippen molar-refractivity contribution in [2.75, 3.05) is 12.4 Å². The standard InChI is InChI=1S/C26H22N4O2/c1-31-21-11-7-19(8-12-21)17-28-25-15-16-27-26-24(18-29-30(25)26)20-9-13-23(14-10-20)32-22-5-3-2-4-6-22/h2-16,18,28H,17H2,1H3. The molecule has 0 saturated carbocycles. The number of benzene rings is 3. The second-order valence-electron chi connectivity index (χ2n) is 7.26. The Bertz CT molecular complexity index is 1310. The lowest BCUT2D eigenvalue weighted by molar-refractivity contribution is 0.414. The van der Waals surface area contributed by atoms with Crippen LogP contribution in [-0.2, 0) is 6.54 Å². The van der Waals surface area contributed by atoms with Crippen molar-refractivity contribution in [1.29, 1.82) is 0 Å². The summed E-state index contributed by atoms with van der Waals surface area (Å²) in [6.45, 7) is 0.670.